The maximum atomic E-state index is 10.8. The Hall–Kier alpha value is -1.35. The van der Waals surface area contributed by atoms with E-state index < -0.39 is 5.97 Å². The molecule has 0 atom stereocenters. The van der Waals surface area contributed by atoms with Gasteiger partial charge in [-0.15, -0.1) is 0 Å². The van der Waals surface area contributed by atoms with E-state index in [-0.39, 0.29) is 0 Å². The van der Waals surface area contributed by atoms with Crippen LogP contribution in [0.25, 0.3) is 0 Å². The molecule has 1 aromatic carbocycles. The first-order valence-corrected chi connectivity index (χ1v) is 5.72. The van der Waals surface area contributed by atoms with E-state index in [0.29, 0.717) is 11.0 Å². The van der Waals surface area contributed by atoms with Crippen LogP contribution in [0, 0.1) is 5.41 Å². The van der Waals surface area contributed by atoms with E-state index in [4.69, 9.17) is 5.11 Å². The summed E-state index contributed by atoms with van der Waals surface area (Å²) in [4.78, 5) is 13.2. The topological polar surface area (TPSA) is 40.5 Å². The van der Waals surface area contributed by atoms with Crippen LogP contribution in [0.15, 0.2) is 24.3 Å². The molecule has 16 heavy (non-hydrogen) atoms. The van der Waals surface area contributed by atoms with Crippen LogP contribution < -0.4 is 0 Å². The molecule has 1 heterocycles. The van der Waals surface area contributed by atoms with Gasteiger partial charge < -0.3 is 5.11 Å². The zero-order valence-electron chi connectivity index (χ0n) is 9.15. The number of carboxylic acid groups (broad SMARTS) is 1. The van der Waals surface area contributed by atoms with Gasteiger partial charge in [-0.1, -0.05) is 12.1 Å². The summed E-state index contributed by atoms with van der Waals surface area (Å²) in [6.45, 7) is 3.29. The molecule has 3 heteroatoms. The minimum atomic E-state index is -0.843. The van der Waals surface area contributed by atoms with Crippen molar-refractivity contribution in [1.29, 1.82) is 0 Å². The van der Waals surface area contributed by atoms with Crippen molar-refractivity contribution in [3.63, 3.8) is 0 Å². The molecule has 1 aromatic rings. The average Bonchev–Trinajstić information content (AvgIpc) is 2.98. The summed E-state index contributed by atoms with van der Waals surface area (Å²) < 4.78 is 0. The van der Waals surface area contributed by atoms with Crippen molar-refractivity contribution in [3.05, 3.63) is 35.4 Å². The molecule has 1 saturated heterocycles. The molecule has 0 bridgehead atoms. The quantitative estimate of drug-likeness (QED) is 0.841. The monoisotopic (exact) mass is 217 g/mol. The first-order valence-electron chi connectivity index (χ1n) is 5.72. The zero-order valence-corrected chi connectivity index (χ0v) is 9.15. The highest BCUT2D eigenvalue weighted by molar-refractivity contribution is 5.87. The van der Waals surface area contributed by atoms with Gasteiger partial charge in [0, 0.05) is 19.6 Å². The molecule has 0 unspecified atom stereocenters. The Morgan fingerprint density at radius 2 is 2.12 bits per heavy atom. The zero-order chi connectivity index (χ0) is 11.2. The van der Waals surface area contributed by atoms with E-state index in [1.54, 1.807) is 12.1 Å². The lowest BCUT2D eigenvalue weighted by atomic mass is 9.96. The lowest BCUT2D eigenvalue weighted by molar-refractivity contribution is 0.0691. The van der Waals surface area contributed by atoms with Crippen LogP contribution in [0.4, 0.5) is 0 Å². The Balaban J connectivity index is 1.65. The minimum Gasteiger partial charge on any atom is -0.478 e. The number of aromatic carboxylic acids is 1. The molecule has 2 aliphatic rings. The molecule has 1 spiro atoms. The highest BCUT2D eigenvalue weighted by Crippen LogP contribution is 2.53. The molecule has 0 radical (unpaired) electrons. The minimum absolute atomic E-state index is 0.388. The summed E-state index contributed by atoms with van der Waals surface area (Å²) in [5.41, 5.74) is 2.17. The Morgan fingerprint density at radius 3 is 2.75 bits per heavy atom. The van der Waals surface area contributed by atoms with Crippen molar-refractivity contribution in [1.82, 2.24) is 4.90 Å². The molecular weight excluding hydrogens is 202 g/mol. The maximum Gasteiger partial charge on any atom is 0.335 e. The molecule has 0 aromatic heterocycles. The van der Waals surface area contributed by atoms with Gasteiger partial charge in [-0.05, 0) is 36.0 Å². The Morgan fingerprint density at radius 1 is 1.38 bits per heavy atom. The van der Waals surface area contributed by atoms with Crippen LogP contribution in [-0.2, 0) is 6.54 Å². The Kier molecular flexibility index (Phi) is 2.04. The number of hydrogen-bond donors (Lipinski definition) is 1. The van der Waals surface area contributed by atoms with Gasteiger partial charge in [-0.25, -0.2) is 4.79 Å². The highest BCUT2D eigenvalue weighted by atomic mass is 16.4. The van der Waals surface area contributed by atoms with Gasteiger partial charge in [-0.2, -0.15) is 0 Å². The molecule has 84 valence electrons. The van der Waals surface area contributed by atoms with E-state index in [1.807, 2.05) is 12.1 Å². The number of benzene rings is 1. The Bertz CT molecular complexity index is 429. The second-order valence-corrected chi connectivity index (χ2v) is 5.15. The van der Waals surface area contributed by atoms with Crippen LogP contribution in [0.1, 0.15) is 28.8 Å². The van der Waals surface area contributed by atoms with E-state index in [0.717, 1.165) is 12.1 Å². The molecule has 1 aliphatic carbocycles. The van der Waals surface area contributed by atoms with Gasteiger partial charge in [0.05, 0.1) is 5.56 Å². The number of carboxylic acids is 1. The summed E-state index contributed by atoms with van der Waals surface area (Å²) >= 11 is 0. The van der Waals surface area contributed by atoms with Crippen LogP contribution in [0.3, 0.4) is 0 Å². The third-order valence-corrected chi connectivity index (χ3v) is 3.66. The SMILES string of the molecule is O=C(O)c1cccc(CN2CC3(CC3)C2)c1. The summed E-state index contributed by atoms with van der Waals surface area (Å²) in [7, 11) is 0. The van der Waals surface area contributed by atoms with Crippen LogP contribution in [0.2, 0.25) is 0 Å². The predicted molar refractivity (Wildman–Crippen MR) is 60.3 cm³/mol. The summed E-state index contributed by atoms with van der Waals surface area (Å²) in [5, 5.41) is 8.89. The van der Waals surface area contributed by atoms with E-state index >= 15 is 0 Å². The second-order valence-electron chi connectivity index (χ2n) is 5.15. The van der Waals surface area contributed by atoms with Crippen molar-refractivity contribution in [2.75, 3.05) is 13.1 Å². The lowest BCUT2D eigenvalue weighted by Gasteiger charge is -2.40. The van der Waals surface area contributed by atoms with E-state index in [1.165, 1.54) is 25.9 Å². The van der Waals surface area contributed by atoms with Gasteiger partial charge in [0.25, 0.3) is 0 Å². The van der Waals surface area contributed by atoms with Crippen molar-refractivity contribution >= 4 is 5.97 Å². The average molecular weight is 217 g/mol. The third kappa shape index (κ3) is 1.71. The molecule has 1 saturated carbocycles. The first-order chi connectivity index (χ1) is 7.67. The molecule has 1 N–H and O–H groups in total. The smallest absolute Gasteiger partial charge is 0.335 e. The highest BCUT2D eigenvalue weighted by Gasteiger charge is 2.51. The van der Waals surface area contributed by atoms with E-state index in [9.17, 15) is 4.79 Å². The van der Waals surface area contributed by atoms with Crippen molar-refractivity contribution in [3.8, 4) is 0 Å². The van der Waals surface area contributed by atoms with Crippen LogP contribution in [-0.4, -0.2) is 29.1 Å². The van der Waals surface area contributed by atoms with Gasteiger partial charge in [0.2, 0.25) is 0 Å². The van der Waals surface area contributed by atoms with Gasteiger partial charge >= 0.3 is 5.97 Å². The summed E-state index contributed by atoms with van der Waals surface area (Å²) in [6, 6.07) is 7.25. The van der Waals surface area contributed by atoms with Gasteiger partial charge in [-0.3, -0.25) is 4.90 Å². The Labute approximate surface area is 94.7 Å². The van der Waals surface area contributed by atoms with E-state index in [2.05, 4.69) is 4.90 Å². The predicted octanol–water partition coefficient (Wildman–Crippen LogP) is 1.98. The van der Waals surface area contributed by atoms with Gasteiger partial charge in [0.15, 0.2) is 0 Å². The lowest BCUT2D eigenvalue weighted by Crippen LogP contribution is -2.47. The largest absolute Gasteiger partial charge is 0.478 e. The van der Waals surface area contributed by atoms with Crippen molar-refractivity contribution < 1.29 is 9.90 Å². The molecule has 3 rings (SSSR count). The van der Waals surface area contributed by atoms with Crippen molar-refractivity contribution in [2.45, 2.75) is 19.4 Å². The standard InChI is InChI=1S/C13H15NO2/c15-12(16)11-3-1-2-10(6-11)7-14-8-13(9-14)4-5-13/h1-3,6H,4-5,7-9H2,(H,15,16). The molecule has 0 amide bonds. The fourth-order valence-corrected chi connectivity index (χ4v) is 2.57. The second kappa shape index (κ2) is 3.32. The maximum absolute atomic E-state index is 10.8. The molecule has 3 nitrogen and oxygen atoms in total. The first kappa shape index (κ1) is 9.85. The van der Waals surface area contributed by atoms with Crippen molar-refractivity contribution in [2.24, 2.45) is 5.41 Å². The number of carbonyl (C=O) groups is 1. The fraction of sp³-hybridized carbons (Fsp3) is 0.462. The van der Waals surface area contributed by atoms with Gasteiger partial charge in [0.1, 0.15) is 0 Å². The van der Waals surface area contributed by atoms with Crippen LogP contribution >= 0.6 is 0 Å². The molecule has 2 fully saturated rings. The summed E-state index contributed by atoms with van der Waals surface area (Å²) in [5.74, 6) is -0.843. The normalized spacial score (nSPS) is 21.8. The number of hydrogen-bond acceptors (Lipinski definition) is 2. The fourth-order valence-electron chi connectivity index (χ4n) is 2.57. The van der Waals surface area contributed by atoms with Crippen LogP contribution in [0.5, 0.6) is 0 Å². The molecular formula is C13H15NO2. The molecule has 1 aliphatic heterocycles. The number of nitrogens with zero attached hydrogens (tertiary/aromatic N) is 1. The summed E-state index contributed by atoms with van der Waals surface area (Å²) in [6.07, 6.45) is 2.78. The number of likely N-dealkylation sites (tertiary alicyclic amines) is 1. The third-order valence-electron chi connectivity index (χ3n) is 3.66. The number of rotatable bonds is 3.